The predicted molar refractivity (Wildman–Crippen MR) is 157 cm³/mol. The van der Waals surface area contributed by atoms with Crippen LogP contribution >= 0.6 is 0 Å². The molecule has 5 nitrogen and oxygen atoms in total. The molecule has 1 unspecified atom stereocenters. The van der Waals surface area contributed by atoms with Gasteiger partial charge in [-0.15, -0.1) is 0 Å². The zero-order valence-corrected chi connectivity index (χ0v) is 24.0. The van der Waals surface area contributed by atoms with E-state index in [2.05, 4.69) is 50.9 Å². The number of likely N-dealkylation sites (N-methyl/N-ethyl adjacent to an activating group) is 1. The molecule has 0 fully saturated rings. The van der Waals surface area contributed by atoms with Gasteiger partial charge in [0.2, 0.25) is 5.91 Å². The number of carbonyl (C=O) groups is 1. The molecule has 0 bridgehead atoms. The van der Waals surface area contributed by atoms with E-state index in [9.17, 15) is 4.79 Å². The first-order chi connectivity index (χ1) is 18.1. The van der Waals surface area contributed by atoms with Crippen LogP contribution in [0, 0.1) is 13.8 Å². The fourth-order valence-electron chi connectivity index (χ4n) is 4.58. The summed E-state index contributed by atoms with van der Waals surface area (Å²) < 4.78 is 11.4. The van der Waals surface area contributed by atoms with E-state index < -0.39 is 0 Å². The Kier molecular flexibility index (Phi) is 9.89. The SMILES string of the molecule is CN=C(C)C(COc1ccc(CC(=O)N(C)C(c2ccc(OC)cc2)c2ccc(C)cc2C)cc1)=C(C)C. The van der Waals surface area contributed by atoms with E-state index in [0.29, 0.717) is 13.0 Å². The number of rotatable bonds is 10. The molecule has 0 aromatic heterocycles. The number of amides is 1. The number of methoxy groups -OCH3 is 1. The first-order valence-electron chi connectivity index (χ1n) is 12.9. The highest BCUT2D eigenvalue weighted by atomic mass is 16.5. The minimum atomic E-state index is -0.206. The van der Waals surface area contributed by atoms with Crippen molar-refractivity contribution < 1.29 is 14.3 Å². The van der Waals surface area contributed by atoms with Crippen molar-refractivity contribution in [1.29, 1.82) is 0 Å². The lowest BCUT2D eigenvalue weighted by atomic mass is 9.92. The Labute approximate surface area is 227 Å². The van der Waals surface area contributed by atoms with E-state index in [-0.39, 0.29) is 11.9 Å². The lowest BCUT2D eigenvalue weighted by Crippen LogP contribution is -2.33. The van der Waals surface area contributed by atoms with Crippen molar-refractivity contribution in [2.75, 3.05) is 27.8 Å². The van der Waals surface area contributed by atoms with Gasteiger partial charge in [0.1, 0.15) is 18.1 Å². The van der Waals surface area contributed by atoms with Gasteiger partial charge in [0.25, 0.3) is 0 Å². The number of hydrogen-bond acceptors (Lipinski definition) is 4. The van der Waals surface area contributed by atoms with Crippen LogP contribution in [0.15, 0.2) is 82.9 Å². The van der Waals surface area contributed by atoms with Crippen molar-refractivity contribution in [3.63, 3.8) is 0 Å². The third-order valence-electron chi connectivity index (χ3n) is 6.97. The summed E-state index contributed by atoms with van der Waals surface area (Å²) >= 11 is 0. The Bertz CT molecular complexity index is 1300. The Hall–Kier alpha value is -3.86. The minimum Gasteiger partial charge on any atom is -0.497 e. The number of allylic oxidation sites excluding steroid dienone is 1. The molecular weight excluding hydrogens is 472 g/mol. The average Bonchev–Trinajstić information content (AvgIpc) is 2.90. The van der Waals surface area contributed by atoms with Crippen LogP contribution < -0.4 is 9.47 Å². The molecule has 0 radical (unpaired) electrons. The van der Waals surface area contributed by atoms with Gasteiger partial charge in [-0.1, -0.05) is 53.6 Å². The normalized spacial score (nSPS) is 12.1. The van der Waals surface area contributed by atoms with Crippen LogP contribution in [0.4, 0.5) is 0 Å². The summed E-state index contributed by atoms with van der Waals surface area (Å²) in [5, 5.41) is 0. The van der Waals surface area contributed by atoms with Crippen molar-refractivity contribution in [2.24, 2.45) is 4.99 Å². The third kappa shape index (κ3) is 7.12. The Balaban J connectivity index is 1.78. The highest BCUT2D eigenvalue weighted by Crippen LogP contribution is 2.32. The molecule has 1 amide bonds. The fourth-order valence-corrected chi connectivity index (χ4v) is 4.58. The van der Waals surface area contributed by atoms with Gasteiger partial charge in [-0.05, 0) is 81.1 Å². The van der Waals surface area contributed by atoms with Crippen molar-refractivity contribution >= 4 is 11.6 Å². The smallest absolute Gasteiger partial charge is 0.227 e. The molecule has 0 aliphatic carbocycles. The second kappa shape index (κ2) is 13.1. The highest BCUT2D eigenvalue weighted by Gasteiger charge is 2.25. The summed E-state index contributed by atoms with van der Waals surface area (Å²) in [6, 6.07) is 21.9. The second-order valence-electron chi connectivity index (χ2n) is 9.94. The number of carbonyl (C=O) groups excluding carboxylic acids is 1. The molecule has 0 aliphatic rings. The molecule has 0 heterocycles. The van der Waals surface area contributed by atoms with Crippen LogP contribution in [0.25, 0.3) is 0 Å². The predicted octanol–water partition coefficient (Wildman–Crippen LogP) is 6.91. The molecule has 0 N–H and O–H groups in total. The van der Waals surface area contributed by atoms with Crippen LogP contribution in [-0.4, -0.2) is 44.3 Å². The number of benzene rings is 3. The molecule has 0 spiro atoms. The summed E-state index contributed by atoms with van der Waals surface area (Å²) in [7, 11) is 5.33. The van der Waals surface area contributed by atoms with E-state index in [4.69, 9.17) is 9.47 Å². The minimum absolute atomic E-state index is 0.0427. The Morgan fingerprint density at radius 1 is 0.921 bits per heavy atom. The Morgan fingerprint density at radius 2 is 1.55 bits per heavy atom. The van der Waals surface area contributed by atoms with E-state index >= 15 is 0 Å². The zero-order chi connectivity index (χ0) is 27.8. The van der Waals surface area contributed by atoms with Gasteiger partial charge in [0.15, 0.2) is 0 Å². The van der Waals surface area contributed by atoms with Gasteiger partial charge in [-0.3, -0.25) is 9.79 Å². The van der Waals surface area contributed by atoms with Gasteiger partial charge in [-0.2, -0.15) is 0 Å². The van der Waals surface area contributed by atoms with Crippen LogP contribution in [0.3, 0.4) is 0 Å². The fraction of sp³-hybridized carbons (Fsp3) is 0.333. The van der Waals surface area contributed by atoms with Crippen molar-refractivity contribution in [3.8, 4) is 11.5 Å². The topological polar surface area (TPSA) is 51.1 Å². The van der Waals surface area contributed by atoms with E-state index in [1.807, 2.05) is 67.4 Å². The first kappa shape index (κ1) is 28.7. The quantitative estimate of drug-likeness (QED) is 0.277. The summed E-state index contributed by atoms with van der Waals surface area (Å²) in [5.74, 6) is 1.60. The molecule has 3 aromatic carbocycles. The largest absolute Gasteiger partial charge is 0.497 e. The lowest BCUT2D eigenvalue weighted by molar-refractivity contribution is -0.130. The second-order valence-corrected chi connectivity index (χ2v) is 9.94. The Morgan fingerprint density at radius 3 is 2.11 bits per heavy atom. The third-order valence-corrected chi connectivity index (χ3v) is 6.97. The standard InChI is InChI=1S/C33H40N2O3/c1-22(2)31(25(5)34-6)21-38-29-14-10-26(11-15-29)20-32(36)35(7)33(27-12-16-28(37-8)17-13-27)30-18-9-23(3)19-24(30)4/h9-19,33H,20-21H2,1-8H3. The first-order valence-corrected chi connectivity index (χ1v) is 12.9. The monoisotopic (exact) mass is 512 g/mol. The highest BCUT2D eigenvalue weighted by molar-refractivity contribution is 5.99. The van der Waals surface area contributed by atoms with Crippen LogP contribution in [0.2, 0.25) is 0 Å². The van der Waals surface area contributed by atoms with Gasteiger partial charge in [0.05, 0.1) is 19.6 Å². The number of nitrogens with zero attached hydrogens (tertiary/aromatic N) is 2. The molecule has 38 heavy (non-hydrogen) atoms. The molecular formula is C33H40N2O3. The van der Waals surface area contributed by atoms with Gasteiger partial charge in [0, 0.05) is 25.4 Å². The van der Waals surface area contributed by atoms with Crippen LogP contribution in [0.5, 0.6) is 11.5 Å². The maximum absolute atomic E-state index is 13.5. The van der Waals surface area contributed by atoms with Gasteiger partial charge in [-0.25, -0.2) is 0 Å². The summed E-state index contributed by atoms with van der Waals surface area (Å²) in [5.41, 5.74) is 8.72. The maximum atomic E-state index is 13.5. The molecule has 0 saturated carbocycles. The van der Waals surface area contributed by atoms with Crippen LogP contribution in [0.1, 0.15) is 54.6 Å². The van der Waals surface area contributed by atoms with Crippen molar-refractivity contribution in [2.45, 2.75) is 47.1 Å². The van der Waals surface area contributed by atoms with Gasteiger partial charge >= 0.3 is 0 Å². The molecule has 3 aromatic rings. The zero-order valence-electron chi connectivity index (χ0n) is 24.0. The molecule has 200 valence electrons. The van der Waals surface area contributed by atoms with Crippen molar-refractivity contribution in [3.05, 3.63) is 106 Å². The van der Waals surface area contributed by atoms with E-state index in [1.54, 1.807) is 14.2 Å². The van der Waals surface area contributed by atoms with Crippen molar-refractivity contribution in [1.82, 2.24) is 4.90 Å². The van der Waals surface area contributed by atoms with E-state index in [1.165, 1.54) is 11.1 Å². The number of aliphatic imine (C=N–C) groups is 1. The number of hydrogen-bond donors (Lipinski definition) is 0. The number of ether oxygens (including phenoxy) is 2. The summed E-state index contributed by atoms with van der Waals surface area (Å²) in [6.45, 7) is 10.8. The molecule has 5 heteroatoms. The molecule has 1 atom stereocenters. The van der Waals surface area contributed by atoms with E-state index in [0.717, 1.165) is 45.0 Å². The average molecular weight is 513 g/mol. The molecule has 0 saturated heterocycles. The number of aryl methyl sites for hydroxylation is 2. The summed E-state index contributed by atoms with van der Waals surface area (Å²) in [4.78, 5) is 19.7. The lowest BCUT2D eigenvalue weighted by Gasteiger charge is -2.31. The molecule has 0 aliphatic heterocycles. The van der Waals surface area contributed by atoms with Gasteiger partial charge < -0.3 is 14.4 Å². The van der Waals surface area contributed by atoms with Crippen LogP contribution in [-0.2, 0) is 11.2 Å². The molecule has 3 rings (SSSR count). The maximum Gasteiger partial charge on any atom is 0.227 e. The summed E-state index contributed by atoms with van der Waals surface area (Å²) in [6.07, 6.45) is 0.301.